The molecule has 2 aromatic carbocycles. The largest absolute Gasteiger partial charge is 0.457 e. The van der Waals surface area contributed by atoms with Gasteiger partial charge in [-0.05, 0) is 68.1 Å². The van der Waals surface area contributed by atoms with E-state index in [9.17, 15) is 0 Å². The molecule has 0 heterocycles. The molecule has 2 nitrogen and oxygen atoms in total. The zero-order valence-electron chi connectivity index (χ0n) is 11.7. The third kappa shape index (κ3) is 2.61. The molecule has 2 aromatic rings. The van der Waals surface area contributed by atoms with Gasteiger partial charge in [0.1, 0.15) is 11.5 Å². The quantitative estimate of drug-likeness (QED) is 0.782. The lowest BCUT2D eigenvalue weighted by Crippen LogP contribution is -1.94. The molecule has 0 fully saturated rings. The van der Waals surface area contributed by atoms with E-state index in [4.69, 9.17) is 10.00 Å². The maximum atomic E-state index is 8.93. The number of nitriles is 1. The average molecular weight is 251 g/mol. The van der Waals surface area contributed by atoms with Gasteiger partial charge >= 0.3 is 0 Å². The average Bonchev–Trinajstić information content (AvgIpc) is 2.39. The Kier molecular flexibility index (Phi) is 3.57. The lowest BCUT2D eigenvalue weighted by atomic mass is 10.1. The van der Waals surface area contributed by atoms with Crippen LogP contribution in [0.5, 0.6) is 11.5 Å². The van der Waals surface area contributed by atoms with Crippen LogP contribution in [0.3, 0.4) is 0 Å². The van der Waals surface area contributed by atoms with Gasteiger partial charge in [0.25, 0.3) is 0 Å². The van der Waals surface area contributed by atoms with Crippen LogP contribution in [-0.2, 0) is 0 Å². The van der Waals surface area contributed by atoms with Crippen molar-refractivity contribution in [3.05, 3.63) is 58.1 Å². The van der Waals surface area contributed by atoms with Gasteiger partial charge in [-0.3, -0.25) is 0 Å². The summed E-state index contributed by atoms with van der Waals surface area (Å²) in [6.45, 7) is 8.10. The molecule has 0 aliphatic carbocycles. The Labute approximate surface area is 114 Å². The van der Waals surface area contributed by atoms with E-state index in [1.165, 1.54) is 5.56 Å². The molecule has 0 atom stereocenters. The predicted octanol–water partition coefficient (Wildman–Crippen LogP) is 4.58. The molecule has 19 heavy (non-hydrogen) atoms. The Bertz CT molecular complexity index is 666. The Morgan fingerprint density at radius 3 is 2.21 bits per heavy atom. The summed E-state index contributed by atoms with van der Waals surface area (Å²) in [5.74, 6) is 1.68. The summed E-state index contributed by atoms with van der Waals surface area (Å²) in [6.07, 6.45) is 0. The minimum atomic E-state index is 0.685. The molecule has 96 valence electrons. The summed E-state index contributed by atoms with van der Waals surface area (Å²) < 4.78 is 5.99. The van der Waals surface area contributed by atoms with E-state index in [0.29, 0.717) is 5.56 Å². The fraction of sp³-hybridized carbons (Fsp3) is 0.235. The first kappa shape index (κ1) is 13.2. The number of ether oxygens (including phenoxy) is 1. The van der Waals surface area contributed by atoms with Crippen LogP contribution in [0.25, 0.3) is 0 Å². The third-order valence-electron chi connectivity index (χ3n) is 3.41. The molecule has 2 heteroatoms. The number of rotatable bonds is 2. The van der Waals surface area contributed by atoms with Gasteiger partial charge in [-0.25, -0.2) is 0 Å². The molecule has 0 unspecified atom stereocenters. The smallest absolute Gasteiger partial charge is 0.133 e. The van der Waals surface area contributed by atoms with Crippen LogP contribution in [-0.4, -0.2) is 0 Å². The van der Waals surface area contributed by atoms with Crippen molar-refractivity contribution in [2.24, 2.45) is 0 Å². The highest BCUT2D eigenvalue weighted by Gasteiger charge is 2.08. The molecular formula is C17H17NO. The minimum Gasteiger partial charge on any atom is -0.457 e. The molecule has 0 aromatic heterocycles. The topological polar surface area (TPSA) is 33.0 Å². The standard InChI is InChI=1S/C17H17NO/c1-11-5-6-12(2)17(14(11)4)19-16-8-7-15(10-18)13(3)9-16/h5-9H,1-4H3. The first-order valence-corrected chi connectivity index (χ1v) is 6.28. The molecule has 0 amide bonds. The van der Waals surface area contributed by atoms with Crippen molar-refractivity contribution in [2.75, 3.05) is 0 Å². The Morgan fingerprint density at radius 2 is 1.58 bits per heavy atom. The summed E-state index contributed by atoms with van der Waals surface area (Å²) in [7, 11) is 0. The minimum absolute atomic E-state index is 0.685. The first-order valence-electron chi connectivity index (χ1n) is 6.28. The molecule has 0 bridgehead atoms. The van der Waals surface area contributed by atoms with Gasteiger partial charge in [0.05, 0.1) is 11.6 Å². The number of nitrogens with zero attached hydrogens (tertiary/aromatic N) is 1. The molecule has 0 aliphatic rings. The summed E-state index contributed by atoms with van der Waals surface area (Å²) in [5.41, 5.74) is 5.10. The van der Waals surface area contributed by atoms with Gasteiger partial charge in [0.15, 0.2) is 0 Å². The van der Waals surface area contributed by atoms with Gasteiger partial charge in [0.2, 0.25) is 0 Å². The SMILES string of the molecule is Cc1cc(Oc2c(C)ccc(C)c2C)ccc1C#N. The highest BCUT2D eigenvalue weighted by atomic mass is 16.5. The highest BCUT2D eigenvalue weighted by Crippen LogP contribution is 2.31. The van der Waals surface area contributed by atoms with Crippen molar-refractivity contribution in [3.63, 3.8) is 0 Å². The van der Waals surface area contributed by atoms with Crippen molar-refractivity contribution in [1.29, 1.82) is 5.26 Å². The molecule has 2 rings (SSSR count). The van der Waals surface area contributed by atoms with E-state index in [1.807, 2.05) is 26.0 Å². The molecule has 0 spiro atoms. The van der Waals surface area contributed by atoms with Crippen LogP contribution < -0.4 is 4.74 Å². The monoisotopic (exact) mass is 251 g/mol. The molecular weight excluding hydrogens is 234 g/mol. The van der Waals surface area contributed by atoms with E-state index < -0.39 is 0 Å². The molecule has 0 aliphatic heterocycles. The van der Waals surface area contributed by atoms with Crippen LogP contribution in [0.4, 0.5) is 0 Å². The Hall–Kier alpha value is -2.27. The van der Waals surface area contributed by atoms with Crippen LogP contribution in [0.2, 0.25) is 0 Å². The van der Waals surface area contributed by atoms with E-state index in [0.717, 1.165) is 28.2 Å². The predicted molar refractivity (Wildman–Crippen MR) is 76.6 cm³/mol. The molecule has 0 N–H and O–H groups in total. The second-order valence-corrected chi connectivity index (χ2v) is 4.84. The van der Waals surface area contributed by atoms with Crippen LogP contribution in [0.15, 0.2) is 30.3 Å². The van der Waals surface area contributed by atoms with Crippen molar-refractivity contribution in [2.45, 2.75) is 27.7 Å². The second kappa shape index (κ2) is 5.16. The zero-order valence-corrected chi connectivity index (χ0v) is 11.7. The van der Waals surface area contributed by atoms with E-state index in [2.05, 4.69) is 32.0 Å². The molecule has 0 saturated carbocycles. The van der Waals surface area contributed by atoms with Crippen LogP contribution in [0, 0.1) is 39.0 Å². The summed E-state index contributed by atoms with van der Waals surface area (Å²) in [6, 6.07) is 11.9. The summed E-state index contributed by atoms with van der Waals surface area (Å²) in [5, 5.41) is 8.93. The van der Waals surface area contributed by atoms with Gasteiger partial charge in [0, 0.05) is 0 Å². The lowest BCUT2D eigenvalue weighted by Gasteiger charge is -2.14. The maximum absolute atomic E-state index is 8.93. The zero-order chi connectivity index (χ0) is 14.0. The van der Waals surface area contributed by atoms with Crippen molar-refractivity contribution in [1.82, 2.24) is 0 Å². The number of benzene rings is 2. The van der Waals surface area contributed by atoms with Crippen LogP contribution >= 0.6 is 0 Å². The van der Waals surface area contributed by atoms with Crippen molar-refractivity contribution >= 4 is 0 Å². The van der Waals surface area contributed by atoms with Gasteiger partial charge in [-0.2, -0.15) is 5.26 Å². The number of aryl methyl sites for hydroxylation is 3. The first-order chi connectivity index (χ1) is 9.02. The van der Waals surface area contributed by atoms with Crippen molar-refractivity contribution in [3.8, 4) is 17.6 Å². The Morgan fingerprint density at radius 1 is 0.895 bits per heavy atom. The summed E-state index contributed by atoms with van der Waals surface area (Å²) >= 11 is 0. The number of hydrogen-bond acceptors (Lipinski definition) is 2. The molecule has 0 radical (unpaired) electrons. The fourth-order valence-corrected chi connectivity index (χ4v) is 2.03. The Balaban J connectivity index is 2.40. The van der Waals surface area contributed by atoms with E-state index in [1.54, 1.807) is 6.07 Å². The van der Waals surface area contributed by atoms with Crippen molar-refractivity contribution < 1.29 is 4.74 Å². The third-order valence-corrected chi connectivity index (χ3v) is 3.41. The van der Waals surface area contributed by atoms with E-state index >= 15 is 0 Å². The van der Waals surface area contributed by atoms with Gasteiger partial charge < -0.3 is 4.74 Å². The number of hydrogen-bond donors (Lipinski definition) is 0. The van der Waals surface area contributed by atoms with Crippen LogP contribution in [0.1, 0.15) is 27.8 Å². The molecule has 0 saturated heterocycles. The maximum Gasteiger partial charge on any atom is 0.133 e. The highest BCUT2D eigenvalue weighted by molar-refractivity contribution is 5.48. The second-order valence-electron chi connectivity index (χ2n) is 4.84. The normalized spacial score (nSPS) is 10.1. The lowest BCUT2D eigenvalue weighted by molar-refractivity contribution is 0.474. The van der Waals surface area contributed by atoms with Gasteiger partial charge in [-0.1, -0.05) is 12.1 Å². The fourth-order valence-electron chi connectivity index (χ4n) is 2.03. The van der Waals surface area contributed by atoms with E-state index in [-0.39, 0.29) is 0 Å². The van der Waals surface area contributed by atoms with Gasteiger partial charge in [-0.15, -0.1) is 0 Å². The summed E-state index contributed by atoms with van der Waals surface area (Å²) in [4.78, 5) is 0.